The zero-order valence-corrected chi connectivity index (χ0v) is 35.3. The summed E-state index contributed by atoms with van der Waals surface area (Å²) >= 11 is 0. The fourth-order valence-electron chi connectivity index (χ4n) is 10.5. The predicted molar refractivity (Wildman–Crippen MR) is 270 cm³/mol. The summed E-state index contributed by atoms with van der Waals surface area (Å²) in [6.45, 7) is 0. The first-order chi connectivity index (χ1) is 31.8. The lowest BCUT2D eigenvalue weighted by atomic mass is 9.67. The first-order valence-electron chi connectivity index (χ1n) is 22.2. The Morgan fingerprint density at radius 2 is 0.750 bits per heavy atom. The second-order valence-corrected chi connectivity index (χ2v) is 16.8. The summed E-state index contributed by atoms with van der Waals surface area (Å²) in [5.41, 5.74) is 17.8. The van der Waals surface area contributed by atoms with Crippen LogP contribution in [0.15, 0.2) is 261 Å². The van der Waals surface area contributed by atoms with E-state index in [2.05, 4.69) is 266 Å². The number of fused-ring (bicyclic) bond motifs is 6. The number of para-hydroxylation sites is 1. The van der Waals surface area contributed by atoms with E-state index in [0.29, 0.717) is 0 Å². The van der Waals surface area contributed by atoms with E-state index >= 15 is 0 Å². The molecule has 0 aliphatic heterocycles. The second kappa shape index (κ2) is 15.6. The van der Waals surface area contributed by atoms with Gasteiger partial charge in [0.25, 0.3) is 0 Å². The average molecular weight is 814 g/mol. The molecule has 64 heavy (non-hydrogen) atoms. The third-order valence-electron chi connectivity index (χ3n) is 13.4. The van der Waals surface area contributed by atoms with Crippen molar-refractivity contribution in [3.05, 3.63) is 283 Å². The average Bonchev–Trinajstić information content (AvgIpc) is 3.68. The molecule has 1 nitrogen and oxygen atoms in total. The highest BCUT2D eigenvalue weighted by atomic mass is 15.1. The molecule has 0 aromatic heterocycles. The molecule has 0 saturated carbocycles. The summed E-state index contributed by atoms with van der Waals surface area (Å²) in [5.74, 6) is 0. The van der Waals surface area contributed by atoms with Gasteiger partial charge in [0.2, 0.25) is 0 Å². The van der Waals surface area contributed by atoms with Gasteiger partial charge in [0.05, 0.1) is 11.1 Å². The summed E-state index contributed by atoms with van der Waals surface area (Å²) in [6.07, 6.45) is 0. The van der Waals surface area contributed by atoms with Gasteiger partial charge in [-0.1, -0.05) is 218 Å². The molecular formula is C63H43N. The van der Waals surface area contributed by atoms with E-state index in [1.807, 2.05) is 0 Å². The van der Waals surface area contributed by atoms with Gasteiger partial charge in [-0.3, -0.25) is 0 Å². The Kier molecular flexibility index (Phi) is 9.13. The van der Waals surface area contributed by atoms with Crippen LogP contribution in [0.1, 0.15) is 22.3 Å². The molecule has 11 aromatic carbocycles. The molecule has 0 atom stereocenters. The van der Waals surface area contributed by atoms with Gasteiger partial charge in [-0.2, -0.15) is 0 Å². The smallest absolute Gasteiger partial charge is 0.0713 e. The summed E-state index contributed by atoms with van der Waals surface area (Å²) in [7, 11) is 0. The molecule has 1 aliphatic rings. The normalized spacial score (nSPS) is 12.5. The lowest BCUT2D eigenvalue weighted by molar-refractivity contribution is 0.769. The molecule has 0 N–H and O–H groups in total. The van der Waals surface area contributed by atoms with E-state index < -0.39 is 5.41 Å². The van der Waals surface area contributed by atoms with Crippen molar-refractivity contribution in [2.24, 2.45) is 0 Å². The fraction of sp³-hybridized carbons (Fsp3) is 0.0159. The quantitative estimate of drug-likeness (QED) is 0.138. The summed E-state index contributed by atoms with van der Waals surface area (Å²) in [5, 5.41) is 5.06. The van der Waals surface area contributed by atoms with Crippen LogP contribution in [-0.2, 0) is 5.41 Å². The van der Waals surface area contributed by atoms with Crippen molar-refractivity contribution < 1.29 is 0 Å². The molecule has 0 unspecified atom stereocenters. The van der Waals surface area contributed by atoms with Gasteiger partial charge in [-0.05, 0) is 125 Å². The summed E-state index contributed by atoms with van der Waals surface area (Å²) in [6, 6.07) is 95.7. The largest absolute Gasteiger partial charge is 0.310 e. The van der Waals surface area contributed by atoms with Crippen molar-refractivity contribution in [2.45, 2.75) is 5.41 Å². The standard InChI is InChI=1S/C63H43N/c1-4-18-45(19-5-1)54-26-15-17-31-62(54)64(52-39-34-46(35-40-52)59-42-48-20-10-11-25-53(48)55-27-12-13-28-56(55)59)51-37-32-44(33-38-51)47-36-41-58-57-29-14-16-30-60(57)63(61(58)43-47,49-21-6-2-7-22-49)50-23-8-3-9-24-50/h1-43H. The van der Waals surface area contributed by atoms with Crippen molar-refractivity contribution in [2.75, 3.05) is 4.90 Å². The Balaban J connectivity index is 0.984. The van der Waals surface area contributed by atoms with Gasteiger partial charge >= 0.3 is 0 Å². The predicted octanol–water partition coefficient (Wildman–Crippen LogP) is 16.8. The highest BCUT2D eigenvalue weighted by Crippen LogP contribution is 2.57. The lowest BCUT2D eigenvalue weighted by Crippen LogP contribution is -2.28. The number of hydrogen-bond donors (Lipinski definition) is 0. The SMILES string of the molecule is c1ccc(-c2ccccc2N(c2ccc(-c3ccc4c(c3)C(c3ccccc3)(c3ccccc3)c3ccccc3-4)cc2)c2ccc(-c3cc4ccccc4c4ccccc34)cc2)cc1. The monoisotopic (exact) mass is 813 g/mol. The van der Waals surface area contributed by atoms with Crippen molar-refractivity contribution in [1.29, 1.82) is 0 Å². The lowest BCUT2D eigenvalue weighted by Gasteiger charge is -2.34. The topological polar surface area (TPSA) is 3.24 Å². The van der Waals surface area contributed by atoms with E-state index in [1.165, 1.54) is 88.3 Å². The molecule has 0 spiro atoms. The highest BCUT2D eigenvalue weighted by molar-refractivity contribution is 6.13. The van der Waals surface area contributed by atoms with Gasteiger partial charge in [0.15, 0.2) is 0 Å². The first kappa shape index (κ1) is 37.5. The molecule has 0 heterocycles. The van der Waals surface area contributed by atoms with Crippen LogP contribution in [0.2, 0.25) is 0 Å². The molecule has 0 fully saturated rings. The summed E-state index contributed by atoms with van der Waals surface area (Å²) < 4.78 is 0. The molecule has 0 amide bonds. The minimum absolute atomic E-state index is 0.451. The molecule has 0 bridgehead atoms. The number of nitrogens with zero attached hydrogens (tertiary/aromatic N) is 1. The fourth-order valence-corrected chi connectivity index (χ4v) is 10.5. The van der Waals surface area contributed by atoms with Crippen molar-refractivity contribution in [3.63, 3.8) is 0 Å². The van der Waals surface area contributed by atoms with Gasteiger partial charge in [0.1, 0.15) is 0 Å². The van der Waals surface area contributed by atoms with Crippen molar-refractivity contribution in [3.8, 4) is 44.5 Å². The van der Waals surface area contributed by atoms with Gasteiger partial charge in [-0.25, -0.2) is 0 Å². The van der Waals surface area contributed by atoms with Gasteiger partial charge < -0.3 is 4.90 Å². The van der Waals surface area contributed by atoms with Crippen LogP contribution in [0.25, 0.3) is 66.1 Å². The third-order valence-corrected chi connectivity index (χ3v) is 13.4. The maximum Gasteiger partial charge on any atom is 0.0713 e. The van der Waals surface area contributed by atoms with Crippen molar-refractivity contribution >= 4 is 38.6 Å². The zero-order valence-electron chi connectivity index (χ0n) is 35.3. The van der Waals surface area contributed by atoms with E-state index in [-0.39, 0.29) is 0 Å². The van der Waals surface area contributed by atoms with Crippen molar-refractivity contribution in [1.82, 2.24) is 0 Å². The number of hydrogen-bond acceptors (Lipinski definition) is 1. The Morgan fingerprint density at radius 3 is 1.44 bits per heavy atom. The number of anilines is 3. The summed E-state index contributed by atoms with van der Waals surface area (Å²) in [4.78, 5) is 2.41. The van der Waals surface area contributed by atoms with E-state index in [4.69, 9.17) is 0 Å². The molecule has 1 heteroatoms. The van der Waals surface area contributed by atoms with Crippen LogP contribution in [-0.4, -0.2) is 0 Å². The Bertz CT molecular complexity index is 3420. The minimum atomic E-state index is -0.451. The molecule has 300 valence electrons. The molecule has 12 rings (SSSR count). The van der Waals surface area contributed by atoms with Crippen LogP contribution in [0.5, 0.6) is 0 Å². The second-order valence-electron chi connectivity index (χ2n) is 16.8. The molecule has 0 radical (unpaired) electrons. The van der Waals surface area contributed by atoms with Crippen LogP contribution < -0.4 is 4.90 Å². The van der Waals surface area contributed by atoms with Crippen LogP contribution in [0, 0.1) is 0 Å². The van der Waals surface area contributed by atoms with E-state index in [0.717, 1.165) is 17.1 Å². The first-order valence-corrected chi connectivity index (χ1v) is 22.2. The Labute approximate surface area is 374 Å². The zero-order chi connectivity index (χ0) is 42.5. The number of rotatable bonds is 8. The van der Waals surface area contributed by atoms with E-state index in [1.54, 1.807) is 0 Å². The molecule has 1 aliphatic carbocycles. The number of benzene rings is 11. The van der Waals surface area contributed by atoms with Crippen LogP contribution >= 0.6 is 0 Å². The van der Waals surface area contributed by atoms with Gasteiger partial charge in [-0.15, -0.1) is 0 Å². The van der Waals surface area contributed by atoms with Crippen LogP contribution in [0.4, 0.5) is 17.1 Å². The van der Waals surface area contributed by atoms with Crippen LogP contribution in [0.3, 0.4) is 0 Å². The Morgan fingerprint density at radius 1 is 0.266 bits per heavy atom. The Hall–Kier alpha value is -8.26. The molecule has 0 saturated heterocycles. The highest BCUT2D eigenvalue weighted by Gasteiger charge is 2.46. The van der Waals surface area contributed by atoms with Gasteiger partial charge in [0, 0.05) is 16.9 Å². The van der Waals surface area contributed by atoms with E-state index in [9.17, 15) is 0 Å². The molecular weight excluding hydrogens is 771 g/mol. The minimum Gasteiger partial charge on any atom is -0.310 e. The third kappa shape index (κ3) is 6.08. The maximum absolute atomic E-state index is 2.45. The molecule has 11 aromatic rings. The maximum atomic E-state index is 2.45.